The zero-order chi connectivity index (χ0) is 3.41. The zero-order valence-corrected chi connectivity index (χ0v) is 2.06. The summed E-state index contributed by atoms with van der Waals surface area (Å²) < 4.78 is 8.94. The molecule has 0 N–H and O–H groups in total. The molecule has 0 radical (unpaired) electrons. The summed E-state index contributed by atoms with van der Waals surface area (Å²) in [6.45, 7) is 0. The number of hydrogen-bond acceptors (Lipinski definition) is 1. The van der Waals surface area contributed by atoms with E-state index in [-0.39, 0.29) is 0 Å². The first-order valence-corrected chi connectivity index (χ1v) is 0.813. The second kappa shape index (κ2) is 2.42. The van der Waals surface area contributed by atoms with Crippen molar-refractivity contribution in [1.82, 2.24) is 0 Å². The van der Waals surface area contributed by atoms with E-state index in [1.54, 1.807) is 5.82 Å². The van der Waals surface area contributed by atoms with E-state index in [1.807, 2.05) is 0 Å². The molecule has 0 rings (SSSR count). The predicted octanol–water partition coefficient (Wildman–Crippen LogP) is -0.373. The summed E-state index contributed by atoms with van der Waals surface area (Å²) in [6.07, 6.45) is 4.41. The van der Waals surface area contributed by atoms with Gasteiger partial charge in [-0.15, -0.1) is 0 Å². The van der Waals surface area contributed by atoms with Crippen LogP contribution in [0.15, 0.2) is 0 Å². The van der Waals surface area contributed by atoms with E-state index in [1.165, 1.54) is 0 Å². The van der Waals surface area contributed by atoms with Gasteiger partial charge in [0.1, 0.15) is 0 Å². The Bertz CT molecular complexity index is 51.5. The van der Waals surface area contributed by atoms with Crippen molar-refractivity contribution in [2.45, 2.75) is 0 Å². The monoisotopic (exact) mass is 52.0 g/mol. The Morgan fingerprint density at radius 1 is 2.00 bits per heavy atom. The molecule has 0 aliphatic heterocycles. The third-order valence-electron chi connectivity index (χ3n) is 0.0680. The molecule has 0 unspecified atom stereocenters. The molecule has 2 heteroatoms. The maximum atomic E-state index is 8.94. The van der Waals surface area contributed by atoms with Crippen molar-refractivity contribution >= 4 is 7.15 Å². The van der Waals surface area contributed by atoms with E-state index < -0.39 is 0 Å². The molecule has 0 atom stereocenters. The van der Waals surface area contributed by atoms with Crippen LogP contribution in [0.2, 0.25) is 0 Å². The average Bonchev–Trinajstić information content (AvgIpc) is 1.37. The van der Waals surface area contributed by atoms with Crippen LogP contribution in [0.25, 0.3) is 0 Å². The zero-order valence-electron chi connectivity index (χ0n) is 2.06. The fourth-order valence-corrected chi connectivity index (χ4v) is 0. The summed E-state index contributed by atoms with van der Waals surface area (Å²) in [5.41, 5.74) is 0. The maximum absolute atomic E-state index is 8.94. The van der Waals surface area contributed by atoms with Gasteiger partial charge in [0.05, 0.1) is 0 Å². The van der Waals surface area contributed by atoms with Crippen LogP contribution in [0.1, 0.15) is 0 Å². The fraction of sp³-hybridized carbons (Fsp3) is 0. The second-order valence-electron chi connectivity index (χ2n) is 0.285. The van der Waals surface area contributed by atoms with Crippen molar-refractivity contribution in [1.29, 1.82) is 0 Å². The summed E-state index contributed by atoms with van der Waals surface area (Å²) in [4.78, 5) is 0. The average molecular weight is 51.8 g/mol. The van der Waals surface area contributed by atoms with Crippen molar-refractivity contribution < 1.29 is 4.70 Å². The topological polar surface area (TPSA) is 17.1 Å². The van der Waals surface area contributed by atoms with E-state index in [0.717, 1.165) is 0 Å². The molecule has 0 heterocycles. The van der Waals surface area contributed by atoms with Crippen LogP contribution in [0.5, 0.6) is 0 Å². The summed E-state index contributed by atoms with van der Waals surface area (Å²) in [5.74, 6) is 1.75. The van der Waals surface area contributed by atoms with E-state index in [0.29, 0.717) is 7.15 Å². The molecule has 0 fully saturated rings. The third-order valence-corrected chi connectivity index (χ3v) is 0.0680. The quantitative estimate of drug-likeness (QED) is 0.271. The third kappa shape index (κ3) is 1.42. The van der Waals surface area contributed by atoms with E-state index >= 15 is 0 Å². The van der Waals surface area contributed by atoms with Crippen molar-refractivity contribution in [2.75, 3.05) is 0 Å². The van der Waals surface area contributed by atoms with Crippen LogP contribution in [-0.2, 0) is 4.70 Å². The van der Waals surface area contributed by atoms with Gasteiger partial charge in [-0.2, -0.15) is 0 Å². The molecular formula is C2HBO. The van der Waals surface area contributed by atoms with Gasteiger partial charge >= 0.3 is 24.1 Å². The fourth-order valence-electron chi connectivity index (χ4n) is 0. The first-order chi connectivity index (χ1) is 1.91. The Morgan fingerprint density at radius 2 is 2.25 bits per heavy atom. The van der Waals surface area contributed by atoms with Gasteiger partial charge in [-0.05, 0) is 0 Å². The van der Waals surface area contributed by atoms with Crippen LogP contribution < -0.4 is 0 Å². The first-order valence-electron chi connectivity index (χ1n) is 0.813. The predicted molar refractivity (Wildman–Crippen MR) is 15.3 cm³/mol. The van der Waals surface area contributed by atoms with Crippen molar-refractivity contribution in [3.8, 4) is 12.2 Å². The van der Waals surface area contributed by atoms with Gasteiger partial charge < -0.3 is 0 Å². The van der Waals surface area contributed by atoms with Crippen LogP contribution in [-0.4, -0.2) is 7.15 Å². The van der Waals surface area contributed by atoms with Crippen LogP contribution in [0, 0.1) is 12.2 Å². The normalized spacial score (nSPS) is 2.75. The molecule has 0 aromatic rings. The second-order valence-corrected chi connectivity index (χ2v) is 0.285. The Morgan fingerprint density at radius 3 is 2.25 bits per heavy atom. The number of rotatable bonds is 0. The first kappa shape index (κ1) is 3.42. The number of terminal acetylenes is 1. The van der Waals surface area contributed by atoms with Crippen molar-refractivity contribution in [2.24, 2.45) is 0 Å². The molecule has 0 saturated heterocycles. The summed E-state index contributed by atoms with van der Waals surface area (Å²) in [6, 6.07) is 0. The Kier molecular flexibility index (Phi) is 2.08. The van der Waals surface area contributed by atoms with Crippen LogP contribution >= 0.6 is 0 Å². The van der Waals surface area contributed by atoms with Gasteiger partial charge in [0.25, 0.3) is 0 Å². The van der Waals surface area contributed by atoms with Gasteiger partial charge in [0, 0.05) is 0 Å². The van der Waals surface area contributed by atoms with Gasteiger partial charge in [-0.1, -0.05) is 0 Å². The van der Waals surface area contributed by atoms with E-state index in [9.17, 15) is 0 Å². The molecule has 0 aromatic carbocycles. The van der Waals surface area contributed by atoms with Gasteiger partial charge in [0.15, 0.2) is 0 Å². The van der Waals surface area contributed by atoms with Crippen LogP contribution in [0.3, 0.4) is 0 Å². The standard InChI is InChI=1S/C2HBO/c1-2-3-4/h1H. The minimum atomic E-state index is 0.403. The molecule has 1 nitrogen and oxygen atoms in total. The van der Waals surface area contributed by atoms with Gasteiger partial charge in [-0.3, -0.25) is 0 Å². The van der Waals surface area contributed by atoms with Crippen molar-refractivity contribution in [3.63, 3.8) is 0 Å². The molecule has 18 valence electrons. The summed E-state index contributed by atoms with van der Waals surface area (Å²) in [5, 5.41) is 0. The number of hydrogen-bond donors (Lipinski definition) is 0. The molecule has 0 bridgehead atoms. The minimum absolute atomic E-state index is 0.403. The molecule has 0 saturated carbocycles. The Balaban J connectivity index is 2.92. The molecule has 0 spiro atoms. The molecular weight excluding hydrogens is 50.8 g/mol. The van der Waals surface area contributed by atoms with E-state index in [4.69, 9.17) is 4.70 Å². The molecule has 4 heavy (non-hydrogen) atoms. The summed E-state index contributed by atoms with van der Waals surface area (Å²) in [7, 11) is 0.403. The molecule has 0 aromatic heterocycles. The Hall–Kier alpha value is -0.575. The van der Waals surface area contributed by atoms with Crippen LogP contribution in [0.4, 0.5) is 0 Å². The van der Waals surface area contributed by atoms with E-state index in [2.05, 4.69) is 6.42 Å². The molecule has 0 amide bonds. The van der Waals surface area contributed by atoms with Gasteiger partial charge in [-0.25, -0.2) is 0 Å². The molecule has 0 aliphatic rings. The van der Waals surface area contributed by atoms with Crippen molar-refractivity contribution in [3.05, 3.63) is 0 Å². The van der Waals surface area contributed by atoms with Gasteiger partial charge in [0.2, 0.25) is 0 Å². The molecule has 0 aliphatic carbocycles. The summed E-state index contributed by atoms with van der Waals surface area (Å²) >= 11 is 0. The Labute approximate surface area is 25.3 Å². The SMILES string of the molecule is C#CB=O.